The predicted octanol–water partition coefficient (Wildman–Crippen LogP) is 3.45. The lowest BCUT2D eigenvalue weighted by Crippen LogP contribution is -2.35. The Balaban J connectivity index is 1.41. The number of hydrogen-bond donors (Lipinski definition) is 1. The molecule has 0 unspecified atom stereocenters. The maximum absolute atomic E-state index is 13.8. The molecule has 0 radical (unpaired) electrons. The second kappa shape index (κ2) is 7.83. The summed E-state index contributed by atoms with van der Waals surface area (Å²) in [5.74, 6) is -0.549. The van der Waals surface area contributed by atoms with Crippen molar-refractivity contribution in [2.24, 2.45) is 5.92 Å². The first-order valence-corrected chi connectivity index (χ1v) is 9.73. The van der Waals surface area contributed by atoms with Gasteiger partial charge in [0.05, 0.1) is 5.69 Å². The minimum atomic E-state index is -0.465. The van der Waals surface area contributed by atoms with Crippen molar-refractivity contribution in [1.82, 2.24) is 19.5 Å². The number of nitrogens with zero attached hydrogens (tertiary/aromatic N) is 3. The number of aromatic amines is 1. The van der Waals surface area contributed by atoms with Gasteiger partial charge >= 0.3 is 0 Å². The molecule has 0 bridgehead atoms. The van der Waals surface area contributed by atoms with Gasteiger partial charge < -0.3 is 0 Å². The number of hydrogen-bond acceptors (Lipinski definition) is 3. The third-order valence-corrected chi connectivity index (χ3v) is 5.48. The Bertz CT molecular complexity index is 1020. The van der Waals surface area contributed by atoms with Crippen LogP contribution in [0.1, 0.15) is 36.2 Å². The fourth-order valence-electron chi connectivity index (χ4n) is 4.12. The van der Waals surface area contributed by atoms with Crippen molar-refractivity contribution in [2.45, 2.75) is 39.2 Å². The Labute approximate surface area is 162 Å². The summed E-state index contributed by atoms with van der Waals surface area (Å²) in [5, 5.41) is 2.97. The van der Waals surface area contributed by atoms with E-state index in [1.165, 1.54) is 22.7 Å². The third kappa shape index (κ3) is 3.99. The van der Waals surface area contributed by atoms with Gasteiger partial charge in [-0.05, 0) is 57.2 Å². The van der Waals surface area contributed by atoms with Crippen LogP contribution in [-0.4, -0.2) is 32.6 Å². The van der Waals surface area contributed by atoms with E-state index in [2.05, 4.69) is 15.0 Å². The molecule has 1 N–H and O–H groups in total. The summed E-state index contributed by atoms with van der Waals surface area (Å²) >= 11 is 0. The maximum Gasteiger partial charge on any atom is 0.272 e. The molecule has 1 saturated heterocycles. The number of aryl methyl sites for hydroxylation is 1. The van der Waals surface area contributed by atoms with Gasteiger partial charge in [0.25, 0.3) is 5.56 Å². The molecular weight excluding hydrogens is 362 g/mol. The zero-order valence-electron chi connectivity index (χ0n) is 15.9. The fourth-order valence-corrected chi connectivity index (χ4v) is 4.12. The van der Waals surface area contributed by atoms with Gasteiger partial charge in [-0.25, -0.2) is 18.3 Å². The standard InChI is InChI=1S/C21H24F2N4O/c1-14-10-20-24-16(11-21(28)27(20)25-14)13-26-9-3-4-15(12-26)7-8-17-18(22)5-2-6-19(17)23/h2,5-6,10-11,15,25H,3-4,7-9,12-13H2,1H3/t15-/m0/s1. The highest BCUT2D eigenvalue weighted by atomic mass is 19.1. The van der Waals surface area contributed by atoms with Crippen molar-refractivity contribution >= 4 is 5.65 Å². The molecule has 0 spiro atoms. The van der Waals surface area contributed by atoms with Crippen LogP contribution in [0, 0.1) is 24.5 Å². The van der Waals surface area contributed by atoms with Crippen LogP contribution in [0.3, 0.4) is 0 Å². The summed E-state index contributed by atoms with van der Waals surface area (Å²) in [7, 11) is 0. The summed E-state index contributed by atoms with van der Waals surface area (Å²) in [4.78, 5) is 19.1. The number of H-pyrrole nitrogens is 1. The molecule has 0 amide bonds. The zero-order chi connectivity index (χ0) is 19.7. The van der Waals surface area contributed by atoms with Gasteiger partial charge in [0, 0.05) is 36.5 Å². The van der Waals surface area contributed by atoms with Gasteiger partial charge in [0.2, 0.25) is 0 Å². The van der Waals surface area contributed by atoms with Gasteiger partial charge in [-0.2, -0.15) is 0 Å². The average Bonchev–Trinajstić information content (AvgIpc) is 3.02. The maximum atomic E-state index is 13.8. The number of nitrogens with one attached hydrogen (secondary N) is 1. The highest BCUT2D eigenvalue weighted by Gasteiger charge is 2.21. The number of benzene rings is 1. The van der Waals surface area contributed by atoms with Crippen LogP contribution in [0.2, 0.25) is 0 Å². The van der Waals surface area contributed by atoms with Gasteiger partial charge in [-0.1, -0.05) is 6.07 Å². The first kappa shape index (κ1) is 18.8. The van der Waals surface area contributed by atoms with E-state index in [-0.39, 0.29) is 11.1 Å². The molecule has 5 nitrogen and oxygen atoms in total. The van der Waals surface area contributed by atoms with E-state index in [1.54, 1.807) is 6.07 Å². The van der Waals surface area contributed by atoms with Gasteiger partial charge in [-0.3, -0.25) is 14.8 Å². The lowest BCUT2D eigenvalue weighted by Gasteiger charge is -2.32. The Hall–Kier alpha value is -2.54. The average molecular weight is 386 g/mol. The third-order valence-electron chi connectivity index (χ3n) is 5.48. The van der Waals surface area contributed by atoms with E-state index < -0.39 is 11.6 Å². The van der Waals surface area contributed by atoms with E-state index >= 15 is 0 Å². The van der Waals surface area contributed by atoms with Crippen LogP contribution < -0.4 is 5.56 Å². The van der Waals surface area contributed by atoms with Crippen LogP contribution in [0.5, 0.6) is 0 Å². The number of piperidine rings is 1. The summed E-state index contributed by atoms with van der Waals surface area (Å²) in [6.07, 6.45) is 3.25. The highest BCUT2D eigenvalue weighted by Crippen LogP contribution is 2.24. The molecule has 1 aliphatic heterocycles. The van der Waals surface area contributed by atoms with E-state index in [4.69, 9.17) is 0 Å². The minimum Gasteiger partial charge on any atom is -0.297 e. The molecule has 1 fully saturated rings. The van der Waals surface area contributed by atoms with Crippen molar-refractivity contribution in [3.63, 3.8) is 0 Å². The Morgan fingerprint density at radius 2 is 2.04 bits per heavy atom. The quantitative estimate of drug-likeness (QED) is 0.731. The van der Waals surface area contributed by atoms with E-state index in [0.717, 1.165) is 43.7 Å². The lowest BCUT2D eigenvalue weighted by molar-refractivity contribution is 0.160. The Morgan fingerprint density at radius 1 is 1.25 bits per heavy atom. The number of likely N-dealkylation sites (tertiary alicyclic amines) is 1. The van der Waals surface area contributed by atoms with Crippen LogP contribution in [0.4, 0.5) is 8.78 Å². The van der Waals surface area contributed by atoms with Crippen LogP contribution >= 0.6 is 0 Å². The van der Waals surface area contributed by atoms with Crippen molar-refractivity contribution in [2.75, 3.05) is 13.1 Å². The molecule has 28 heavy (non-hydrogen) atoms. The second-order valence-corrected chi connectivity index (χ2v) is 7.70. The molecule has 0 saturated carbocycles. The van der Waals surface area contributed by atoms with Crippen LogP contribution in [0.15, 0.2) is 35.1 Å². The van der Waals surface area contributed by atoms with E-state index in [1.807, 2.05) is 13.0 Å². The molecule has 1 aliphatic rings. The molecule has 2 aromatic heterocycles. The zero-order valence-corrected chi connectivity index (χ0v) is 15.9. The molecular formula is C21H24F2N4O. The summed E-state index contributed by atoms with van der Waals surface area (Å²) in [5.41, 5.74) is 2.34. The fraction of sp³-hybridized carbons (Fsp3) is 0.429. The van der Waals surface area contributed by atoms with Gasteiger partial charge in [-0.15, -0.1) is 0 Å². The number of aromatic nitrogens is 3. The van der Waals surface area contributed by atoms with E-state index in [0.29, 0.717) is 24.5 Å². The molecule has 3 heterocycles. The molecule has 7 heteroatoms. The molecule has 0 aliphatic carbocycles. The van der Waals surface area contributed by atoms with Crippen LogP contribution in [0.25, 0.3) is 5.65 Å². The first-order valence-electron chi connectivity index (χ1n) is 9.73. The molecule has 1 aromatic carbocycles. The molecule has 148 valence electrons. The van der Waals surface area contributed by atoms with Crippen molar-refractivity contribution in [3.05, 3.63) is 69.3 Å². The van der Waals surface area contributed by atoms with Crippen molar-refractivity contribution < 1.29 is 8.78 Å². The predicted molar refractivity (Wildman–Crippen MR) is 103 cm³/mol. The monoisotopic (exact) mass is 386 g/mol. The number of halogens is 2. The van der Waals surface area contributed by atoms with Crippen molar-refractivity contribution in [1.29, 1.82) is 0 Å². The Kier molecular flexibility index (Phi) is 5.26. The SMILES string of the molecule is Cc1cc2nc(CN3CCC[C@@H](CCc4c(F)cccc4F)C3)cc(=O)n2[nH]1. The number of rotatable bonds is 5. The second-order valence-electron chi connectivity index (χ2n) is 7.70. The van der Waals surface area contributed by atoms with Crippen molar-refractivity contribution in [3.8, 4) is 0 Å². The molecule has 4 rings (SSSR count). The number of fused-ring (bicyclic) bond motifs is 1. The topological polar surface area (TPSA) is 53.4 Å². The van der Waals surface area contributed by atoms with Gasteiger partial charge in [0.1, 0.15) is 11.6 Å². The largest absolute Gasteiger partial charge is 0.297 e. The Morgan fingerprint density at radius 3 is 2.82 bits per heavy atom. The molecule has 1 atom stereocenters. The van der Waals surface area contributed by atoms with Gasteiger partial charge in [0.15, 0.2) is 5.65 Å². The van der Waals surface area contributed by atoms with Crippen LogP contribution in [-0.2, 0) is 13.0 Å². The summed E-state index contributed by atoms with van der Waals surface area (Å²) < 4.78 is 29.1. The minimum absolute atomic E-state index is 0.114. The smallest absolute Gasteiger partial charge is 0.272 e. The highest BCUT2D eigenvalue weighted by molar-refractivity contribution is 5.39. The van der Waals surface area contributed by atoms with E-state index in [9.17, 15) is 13.6 Å². The normalized spacial score (nSPS) is 18.0. The lowest BCUT2D eigenvalue weighted by atomic mass is 9.91. The summed E-state index contributed by atoms with van der Waals surface area (Å²) in [6.45, 7) is 4.29. The first-order chi connectivity index (χ1) is 13.5. The summed E-state index contributed by atoms with van der Waals surface area (Å²) in [6, 6.07) is 7.45. The molecule has 3 aromatic rings.